The maximum atomic E-state index is 11.9. The van der Waals surface area contributed by atoms with Gasteiger partial charge in [-0.25, -0.2) is 0 Å². The third kappa shape index (κ3) is 8.75. The predicted molar refractivity (Wildman–Crippen MR) is 116 cm³/mol. The molecule has 3 N–H and O–H groups in total. The third-order valence-electron chi connectivity index (χ3n) is 3.41. The predicted octanol–water partition coefficient (Wildman–Crippen LogP) is 2.32. The third-order valence-corrected chi connectivity index (χ3v) is 5.33. The second-order valence-electron chi connectivity index (χ2n) is 6.30. The van der Waals surface area contributed by atoms with Gasteiger partial charge in [0.25, 0.3) is 0 Å². The van der Waals surface area contributed by atoms with E-state index in [1.165, 1.54) is 0 Å². The van der Waals surface area contributed by atoms with Crippen molar-refractivity contribution in [1.29, 1.82) is 0 Å². The Bertz CT molecular complexity index is 589. The summed E-state index contributed by atoms with van der Waals surface area (Å²) in [7, 11) is 2.32. The molecule has 144 valence electrons. The summed E-state index contributed by atoms with van der Waals surface area (Å²) in [5, 5.41) is 3.07. The summed E-state index contributed by atoms with van der Waals surface area (Å²) >= 11 is 0. The van der Waals surface area contributed by atoms with Crippen molar-refractivity contribution in [3.63, 3.8) is 0 Å². The van der Waals surface area contributed by atoms with Crippen LogP contribution in [0.2, 0.25) is 0 Å². The van der Waals surface area contributed by atoms with Gasteiger partial charge in [-0.05, 0) is 44.9 Å². The molecule has 0 aliphatic heterocycles. The lowest BCUT2D eigenvalue weighted by Gasteiger charge is -2.16. The molecule has 1 atom stereocenters. The fourth-order valence-electron chi connectivity index (χ4n) is 1.98. The van der Waals surface area contributed by atoms with E-state index in [0.717, 1.165) is 12.0 Å². The van der Waals surface area contributed by atoms with Gasteiger partial charge in [-0.3, -0.25) is 9.20 Å². The number of ether oxygens (including phenoxy) is 2. The summed E-state index contributed by atoms with van der Waals surface area (Å²) in [5.41, 5.74) is 6.94. The minimum Gasteiger partial charge on any atom is -0.493 e. The van der Waals surface area contributed by atoms with Crippen LogP contribution in [0.3, 0.4) is 0 Å². The number of methoxy groups -OCH3 is 2. The Hall–Kier alpha value is -1.03. The maximum absolute atomic E-state index is 11.9. The Kier molecular flexibility index (Phi) is 11.1. The number of halogens is 1. The number of nitrogens with zero attached hydrogens (tertiary/aromatic N) is 1. The monoisotopic (exact) mass is 483 g/mol. The van der Waals surface area contributed by atoms with Crippen molar-refractivity contribution in [2.45, 2.75) is 31.9 Å². The van der Waals surface area contributed by atoms with Crippen LogP contribution in [0.25, 0.3) is 0 Å². The summed E-state index contributed by atoms with van der Waals surface area (Å²) in [6.07, 6.45) is 0.782. The summed E-state index contributed by atoms with van der Waals surface area (Å²) in [6, 6.07) is 5.82. The van der Waals surface area contributed by atoms with E-state index in [1.54, 1.807) is 14.2 Å². The molecule has 0 radical (unpaired) electrons. The minimum absolute atomic E-state index is 0. The van der Waals surface area contributed by atoms with Gasteiger partial charge in [0, 0.05) is 27.8 Å². The number of nitrogens with two attached hydrogens (primary N) is 1. The van der Waals surface area contributed by atoms with Crippen molar-refractivity contribution in [2.24, 2.45) is 10.7 Å². The Morgan fingerprint density at radius 1 is 1.24 bits per heavy atom. The number of hydrogen-bond donors (Lipinski definition) is 2. The molecule has 0 aliphatic rings. The van der Waals surface area contributed by atoms with Gasteiger partial charge in [0.1, 0.15) is 0 Å². The molecule has 0 spiro atoms. The molecule has 0 heterocycles. The molecule has 0 bridgehead atoms. The molecule has 8 heteroatoms. The first-order chi connectivity index (χ1) is 11.3. The normalized spacial score (nSPS) is 12.9. The first-order valence-electron chi connectivity index (χ1n) is 7.91. The van der Waals surface area contributed by atoms with E-state index in [4.69, 9.17) is 15.2 Å². The van der Waals surface area contributed by atoms with Crippen LogP contribution >= 0.6 is 24.0 Å². The summed E-state index contributed by atoms with van der Waals surface area (Å²) in [6.45, 7) is 6.99. The Balaban J connectivity index is 0.00000576. The molecule has 0 saturated heterocycles. The number of nitrogens with one attached hydrogen (secondary N) is 1. The van der Waals surface area contributed by atoms with Gasteiger partial charge >= 0.3 is 0 Å². The quantitative estimate of drug-likeness (QED) is 0.337. The van der Waals surface area contributed by atoms with Gasteiger partial charge < -0.3 is 20.5 Å². The number of benzene rings is 1. The van der Waals surface area contributed by atoms with Gasteiger partial charge in [-0.1, -0.05) is 6.07 Å². The zero-order valence-electron chi connectivity index (χ0n) is 15.6. The fourth-order valence-corrected chi connectivity index (χ4v) is 2.85. The number of aliphatic imine (C=N–C) groups is 1. The number of hydrogen-bond acceptors (Lipinski definition) is 4. The van der Waals surface area contributed by atoms with Crippen molar-refractivity contribution in [3.8, 4) is 11.5 Å². The van der Waals surface area contributed by atoms with E-state index < -0.39 is 10.8 Å². The van der Waals surface area contributed by atoms with Crippen LogP contribution in [0.15, 0.2) is 23.2 Å². The highest BCUT2D eigenvalue weighted by molar-refractivity contribution is 14.0. The molecule has 1 rings (SSSR count). The highest BCUT2D eigenvalue weighted by Gasteiger charge is 2.18. The molecule has 0 aromatic heterocycles. The molecular formula is C17H30IN3O3S. The van der Waals surface area contributed by atoms with Crippen LogP contribution in [0, 0.1) is 0 Å². The van der Waals surface area contributed by atoms with Crippen LogP contribution in [-0.2, 0) is 17.2 Å². The molecule has 0 saturated carbocycles. The SMILES string of the molecule is COc1ccc(CCNC(N)=NCCS(=O)C(C)(C)C)cc1OC.I. The van der Waals surface area contributed by atoms with E-state index in [2.05, 4.69) is 10.3 Å². The van der Waals surface area contributed by atoms with Crippen LogP contribution in [-0.4, -0.2) is 48.0 Å². The lowest BCUT2D eigenvalue weighted by Crippen LogP contribution is -2.34. The standard InChI is InChI=1S/C17H29N3O3S.HI/c1-17(2,3)24(21)11-10-20-16(18)19-9-8-13-6-7-14(22-4)15(12-13)23-5;/h6-7,12H,8-11H2,1-5H3,(H3,18,19,20);1H. The lowest BCUT2D eigenvalue weighted by atomic mass is 10.1. The van der Waals surface area contributed by atoms with Crippen molar-refractivity contribution >= 4 is 40.7 Å². The molecule has 0 amide bonds. The largest absolute Gasteiger partial charge is 0.493 e. The van der Waals surface area contributed by atoms with Gasteiger partial charge in [-0.2, -0.15) is 0 Å². The minimum atomic E-state index is -0.912. The van der Waals surface area contributed by atoms with Gasteiger partial charge in [-0.15, -0.1) is 24.0 Å². The molecule has 0 fully saturated rings. The molecule has 1 unspecified atom stereocenters. The Labute approximate surface area is 170 Å². The maximum Gasteiger partial charge on any atom is 0.188 e. The number of rotatable bonds is 8. The van der Waals surface area contributed by atoms with Crippen molar-refractivity contribution in [1.82, 2.24) is 5.32 Å². The van der Waals surface area contributed by atoms with Crippen LogP contribution in [0.4, 0.5) is 0 Å². The van der Waals surface area contributed by atoms with E-state index >= 15 is 0 Å². The summed E-state index contributed by atoms with van der Waals surface area (Å²) in [5.74, 6) is 2.31. The fraction of sp³-hybridized carbons (Fsp3) is 0.588. The second-order valence-corrected chi connectivity index (χ2v) is 8.62. The zero-order valence-corrected chi connectivity index (χ0v) is 18.8. The number of guanidine groups is 1. The van der Waals surface area contributed by atoms with Gasteiger partial charge in [0.15, 0.2) is 17.5 Å². The van der Waals surface area contributed by atoms with Crippen LogP contribution in [0.1, 0.15) is 26.3 Å². The topological polar surface area (TPSA) is 85.9 Å². The highest BCUT2D eigenvalue weighted by Crippen LogP contribution is 2.27. The molecular weight excluding hydrogens is 453 g/mol. The summed E-state index contributed by atoms with van der Waals surface area (Å²) in [4.78, 5) is 4.22. The Morgan fingerprint density at radius 3 is 2.44 bits per heavy atom. The van der Waals surface area contributed by atoms with Crippen molar-refractivity contribution < 1.29 is 13.7 Å². The first-order valence-corrected chi connectivity index (χ1v) is 9.23. The summed E-state index contributed by atoms with van der Waals surface area (Å²) < 4.78 is 22.2. The van der Waals surface area contributed by atoms with Crippen LogP contribution in [0.5, 0.6) is 11.5 Å². The van der Waals surface area contributed by atoms with Gasteiger partial charge in [0.05, 0.1) is 20.8 Å². The molecule has 1 aromatic carbocycles. The van der Waals surface area contributed by atoms with E-state index in [0.29, 0.717) is 36.3 Å². The average molecular weight is 483 g/mol. The van der Waals surface area contributed by atoms with E-state index in [-0.39, 0.29) is 28.7 Å². The molecule has 0 aliphatic carbocycles. The Morgan fingerprint density at radius 2 is 1.88 bits per heavy atom. The van der Waals surface area contributed by atoms with Crippen molar-refractivity contribution in [2.75, 3.05) is 33.1 Å². The molecule has 1 aromatic rings. The van der Waals surface area contributed by atoms with E-state index in [1.807, 2.05) is 39.0 Å². The molecule has 6 nitrogen and oxygen atoms in total. The second kappa shape index (κ2) is 11.6. The lowest BCUT2D eigenvalue weighted by molar-refractivity contribution is 0.354. The molecule has 25 heavy (non-hydrogen) atoms. The first kappa shape index (κ1) is 24.0. The highest BCUT2D eigenvalue weighted by atomic mass is 127. The smallest absolute Gasteiger partial charge is 0.188 e. The average Bonchev–Trinajstić information content (AvgIpc) is 2.53. The van der Waals surface area contributed by atoms with E-state index in [9.17, 15) is 4.21 Å². The van der Waals surface area contributed by atoms with Gasteiger partial charge in [0.2, 0.25) is 0 Å². The zero-order chi connectivity index (χ0) is 18.2. The van der Waals surface area contributed by atoms with Crippen LogP contribution < -0.4 is 20.5 Å². The van der Waals surface area contributed by atoms with Crippen molar-refractivity contribution in [3.05, 3.63) is 23.8 Å².